The van der Waals surface area contributed by atoms with Crippen LogP contribution in [0.2, 0.25) is 0 Å². The number of anilines is 1. The highest BCUT2D eigenvalue weighted by molar-refractivity contribution is 5.91. The first-order valence-electron chi connectivity index (χ1n) is 7.35. The molecular weight excluding hydrogens is 282 g/mol. The summed E-state index contributed by atoms with van der Waals surface area (Å²) >= 11 is 0. The summed E-state index contributed by atoms with van der Waals surface area (Å²) in [5.74, 6) is 2.05. The van der Waals surface area contributed by atoms with Gasteiger partial charge in [-0.1, -0.05) is 6.07 Å². The monoisotopic (exact) mass is 301 g/mol. The van der Waals surface area contributed by atoms with Gasteiger partial charge in [0.2, 0.25) is 5.91 Å². The maximum atomic E-state index is 12.2. The van der Waals surface area contributed by atoms with Gasteiger partial charge in [0.1, 0.15) is 19.0 Å². The summed E-state index contributed by atoms with van der Waals surface area (Å²) in [6, 6.07) is 7.57. The number of aromatic nitrogens is 2. The maximum Gasteiger partial charge on any atom is 0.229 e. The van der Waals surface area contributed by atoms with E-state index in [4.69, 9.17) is 9.47 Å². The second-order valence-electron chi connectivity index (χ2n) is 5.46. The van der Waals surface area contributed by atoms with Crippen LogP contribution in [0.4, 0.5) is 5.82 Å². The third-order valence-corrected chi connectivity index (χ3v) is 3.40. The van der Waals surface area contributed by atoms with Gasteiger partial charge in [-0.05, 0) is 31.5 Å². The van der Waals surface area contributed by atoms with E-state index in [0.29, 0.717) is 24.8 Å². The lowest BCUT2D eigenvalue weighted by Crippen LogP contribution is -2.19. The zero-order chi connectivity index (χ0) is 15.5. The molecule has 1 aliphatic heterocycles. The van der Waals surface area contributed by atoms with Crippen molar-refractivity contribution in [2.75, 3.05) is 18.5 Å². The van der Waals surface area contributed by atoms with E-state index in [0.717, 1.165) is 11.3 Å². The van der Waals surface area contributed by atoms with Gasteiger partial charge in [-0.2, -0.15) is 5.10 Å². The van der Waals surface area contributed by atoms with E-state index in [1.54, 1.807) is 16.9 Å². The van der Waals surface area contributed by atoms with Gasteiger partial charge in [-0.15, -0.1) is 0 Å². The molecule has 22 heavy (non-hydrogen) atoms. The molecule has 0 fully saturated rings. The van der Waals surface area contributed by atoms with E-state index >= 15 is 0 Å². The van der Waals surface area contributed by atoms with Crippen molar-refractivity contribution in [2.45, 2.75) is 26.3 Å². The molecule has 0 saturated heterocycles. The minimum Gasteiger partial charge on any atom is -0.486 e. The molecule has 1 N–H and O–H groups in total. The Hall–Kier alpha value is -2.50. The molecule has 1 aromatic heterocycles. The Balaban J connectivity index is 1.68. The zero-order valence-electron chi connectivity index (χ0n) is 12.7. The quantitative estimate of drug-likeness (QED) is 0.942. The zero-order valence-corrected chi connectivity index (χ0v) is 12.7. The molecule has 1 aliphatic rings. The van der Waals surface area contributed by atoms with Crippen molar-refractivity contribution in [1.29, 1.82) is 0 Å². The van der Waals surface area contributed by atoms with Crippen molar-refractivity contribution >= 4 is 11.7 Å². The average molecular weight is 301 g/mol. The van der Waals surface area contributed by atoms with E-state index in [9.17, 15) is 4.79 Å². The smallest absolute Gasteiger partial charge is 0.229 e. The lowest BCUT2D eigenvalue weighted by atomic mass is 10.1. The van der Waals surface area contributed by atoms with Crippen molar-refractivity contribution in [3.63, 3.8) is 0 Å². The molecule has 6 heteroatoms. The molecule has 2 aromatic rings. The number of hydrogen-bond donors (Lipinski definition) is 1. The number of carbonyl (C=O) groups is 1. The second-order valence-corrected chi connectivity index (χ2v) is 5.46. The predicted octanol–water partition coefficient (Wildman–Crippen LogP) is 2.42. The fraction of sp³-hybridized carbons (Fsp3) is 0.375. The minimum absolute atomic E-state index is 0.0842. The fourth-order valence-corrected chi connectivity index (χ4v) is 2.39. The molecule has 2 heterocycles. The predicted molar refractivity (Wildman–Crippen MR) is 82.4 cm³/mol. The van der Waals surface area contributed by atoms with Crippen LogP contribution in [0.1, 0.15) is 25.5 Å². The molecule has 116 valence electrons. The van der Waals surface area contributed by atoms with Crippen LogP contribution in [-0.2, 0) is 11.2 Å². The molecule has 0 saturated carbocycles. The van der Waals surface area contributed by atoms with Gasteiger partial charge < -0.3 is 14.8 Å². The molecule has 3 rings (SSSR count). The van der Waals surface area contributed by atoms with Crippen LogP contribution in [0.15, 0.2) is 30.5 Å². The Kier molecular flexibility index (Phi) is 4.00. The van der Waals surface area contributed by atoms with Crippen LogP contribution >= 0.6 is 0 Å². The van der Waals surface area contributed by atoms with Crippen LogP contribution in [-0.4, -0.2) is 28.9 Å². The largest absolute Gasteiger partial charge is 0.486 e. The van der Waals surface area contributed by atoms with Crippen LogP contribution < -0.4 is 14.8 Å². The standard InChI is InChI=1S/C16H19N3O3/c1-11(2)19-15(5-6-17-19)18-16(20)10-12-3-4-13-14(9-12)22-8-7-21-13/h3-6,9,11H,7-8,10H2,1-2H3,(H,18,20). The summed E-state index contributed by atoms with van der Waals surface area (Å²) in [7, 11) is 0. The summed E-state index contributed by atoms with van der Waals surface area (Å²) in [6.45, 7) is 5.13. The highest BCUT2D eigenvalue weighted by atomic mass is 16.6. The normalized spacial score (nSPS) is 13.2. The second kappa shape index (κ2) is 6.09. The van der Waals surface area contributed by atoms with Gasteiger partial charge >= 0.3 is 0 Å². The summed E-state index contributed by atoms with van der Waals surface area (Å²) in [4.78, 5) is 12.2. The Labute approximate surface area is 129 Å². The number of fused-ring (bicyclic) bond motifs is 1. The van der Waals surface area contributed by atoms with Gasteiger partial charge in [-0.25, -0.2) is 4.68 Å². The molecule has 1 aromatic carbocycles. The number of amides is 1. The molecule has 6 nitrogen and oxygen atoms in total. The SMILES string of the molecule is CC(C)n1nccc1NC(=O)Cc1ccc2c(c1)OCCO2. The molecule has 0 spiro atoms. The van der Waals surface area contributed by atoms with Crippen molar-refractivity contribution in [1.82, 2.24) is 9.78 Å². The highest BCUT2D eigenvalue weighted by Crippen LogP contribution is 2.30. The number of nitrogens with zero attached hydrogens (tertiary/aromatic N) is 2. The van der Waals surface area contributed by atoms with Crippen molar-refractivity contribution in [3.8, 4) is 11.5 Å². The summed E-state index contributed by atoms with van der Waals surface area (Å²) < 4.78 is 12.8. The molecule has 0 unspecified atom stereocenters. The van der Waals surface area contributed by atoms with Gasteiger partial charge in [0, 0.05) is 12.1 Å². The van der Waals surface area contributed by atoms with E-state index in [2.05, 4.69) is 10.4 Å². The van der Waals surface area contributed by atoms with E-state index in [-0.39, 0.29) is 18.4 Å². The third-order valence-electron chi connectivity index (χ3n) is 3.40. The van der Waals surface area contributed by atoms with Crippen molar-refractivity contribution in [2.24, 2.45) is 0 Å². The van der Waals surface area contributed by atoms with Crippen molar-refractivity contribution < 1.29 is 14.3 Å². The number of carbonyl (C=O) groups excluding carboxylic acids is 1. The van der Waals surface area contributed by atoms with Crippen LogP contribution in [0, 0.1) is 0 Å². The molecule has 1 amide bonds. The van der Waals surface area contributed by atoms with Crippen LogP contribution in [0.3, 0.4) is 0 Å². The molecular formula is C16H19N3O3. The minimum atomic E-state index is -0.0842. The van der Waals surface area contributed by atoms with E-state index in [1.165, 1.54) is 0 Å². The Morgan fingerprint density at radius 3 is 2.82 bits per heavy atom. The van der Waals surface area contributed by atoms with E-state index in [1.807, 2.05) is 32.0 Å². The van der Waals surface area contributed by atoms with Crippen LogP contribution in [0.5, 0.6) is 11.5 Å². The van der Waals surface area contributed by atoms with Gasteiger partial charge in [-0.3, -0.25) is 4.79 Å². The first-order chi connectivity index (χ1) is 10.6. The number of rotatable bonds is 4. The van der Waals surface area contributed by atoms with Crippen LogP contribution in [0.25, 0.3) is 0 Å². The lowest BCUT2D eigenvalue weighted by Gasteiger charge is -2.18. The average Bonchev–Trinajstić information content (AvgIpc) is 2.95. The first kappa shape index (κ1) is 14.4. The maximum absolute atomic E-state index is 12.2. The van der Waals surface area contributed by atoms with Crippen molar-refractivity contribution in [3.05, 3.63) is 36.0 Å². The molecule has 0 aliphatic carbocycles. The molecule has 0 bridgehead atoms. The van der Waals surface area contributed by atoms with E-state index < -0.39 is 0 Å². The number of nitrogens with one attached hydrogen (secondary N) is 1. The van der Waals surface area contributed by atoms with Gasteiger partial charge in [0.15, 0.2) is 11.5 Å². The Morgan fingerprint density at radius 1 is 1.27 bits per heavy atom. The third kappa shape index (κ3) is 3.05. The van der Waals surface area contributed by atoms with Gasteiger partial charge in [0.25, 0.3) is 0 Å². The fourth-order valence-electron chi connectivity index (χ4n) is 2.39. The highest BCUT2D eigenvalue weighted by Gasteiger charge is 2.14. The summed E-state index contributed by atoms with van der Waals surface area (Å²) in [6.07, 6.45) is 1.96. The first-order valence-corrected chi connectivity index (χ1v) is 7.35. The summed E-state index contributed by atoms with van der Waals surface area (Å²) in [5, 5.41) is 7.09. The number of ether oxygens (including phenoxy) is 2. The molecule has 0 radical (unpaired) electrons. The lowest BCUT2D eigenvalue weighted by molar-refractivity contribution is -0.115. The topological polar surface area (TPSA) is 65.4 Å². The number of hydrogen-bond acceptors (Lipinski definition) is 4. The molecule has 0 atom stereocenters. The van der Waals surface area contributed by atoms with Gasteiger partial charge in [0.05, 0.1) is 12.6 Å². The Bertz CT molecular complexity index is 679. The summed E-state index contributed by atoms with van der Waals surface area (Å²) in [5.41, 5.74) is 0.886. The Morgan fingerprint density at radius 2 is 2.05 bits per heavy atom. The number of benzene rings is 1.